The molecule has 6 nitrogen and oxygen atoms in total. The molecule has 2 aliphatic heterocycles. The van der Waals surface area contributed by atoms with Gasteiger partial charge in [0.1, 0.15) is 17.3 Å². The van der Waals surface area contributed by atoms with Crippen molar-refractivity contribution in [2.45, 2.75) is 37.1 Å². The Hall–Kier alpha value is -1.73. The standard InChI is InChI=1S/C15H18N4O2S/c1-8-7-12(20)18-15(16-8)22-9(2)13-17-11-6-4-3-5-10(11)14(21)19-13/h3-6,8-10,15-16H,7H2,1-2H3,(H,18,20). The van der Waals surface area contributed by atoms with Gasteiger partial charge in [-0.2, -0.15) is 4.99 Å². The third-order valence-corrected chi connectivity index (χ3v) is 4.80. The van der Waals surface area contributed by atoms with Gasteiger partial charge in [-0.25, -0.2) is 4.99 Å². The highest BCUT2D eigenvalue weighted by Gasteiger charge is 2.30. The van der Waals surface area contributed by atoms with E-state index < -0.39 is 0 Å². The number of carbonyl (C=O) groups excluding carboxylic acids is 2. The van der Waals surface area contributed by atoms with Gasteiger partial charge in [0.25, 0.3) is 5.91 Å². The molecule has 1 fully saturated rings. The highest BCUT2D eigenvalue weighted by atomic mass is 32.2. The van der Waals surface area contributed by atoms with Crippen LogP contribution in [0.1, 0.15) is 20.3 Å². The minimum Gasteiger partial charge on any atom is -0.332 e. The van der Waals surface area contributed by atoms with E-state index in [1.54, 1.807) is 0 Å². The van der Waals surface area contributed by atoms with Gasteiger partial charge in [0.2, 0.25) is 5.91 Å². The number of carbonyl (C=O) groups is 2. The van der Waals surface area contributed by atoms with Crippen LogP contribution >= 0.6 is 11.8 Å². The molecule has 0 bridgehead atoms. The topological polar surface area (TPSA) is 82.9 Å². The molecule has 1 aliphatic carbocycles. The van der Waals surface area contributed by atoms with Crippen molar-refractivity contribution in [3.05, 3.63) is 24.3 Å². The number of hydrogen-bond acceptors (Lipinski definition) is 5. The number of amidine groups is 1. The molecule has 0 aromatic carbocycles. The van der Waals surface area contributed by atoms with Crippen LogP contribution in [-0.2, 0) is 9.59 Å². The first-order valence-electron chi connectivity index (χ1n) is 7.29. The zero-order valence-corrected chi connectivity index (χ0v) is 13.3. The fourth-order valence-electron chi connectivity index (χ4n) is 2.55. The predicted molar refractivity (Wildman–Crippen MR) is 87.8 cm³/mol. The van der Waals surface area contributed by atoms with Gasteiger partial charge in [0.05, 0.1) is 11.0 Å². The van der Waals surface area contributed by atoms with Gasteiger partial charge in [-0.05, 0) is 19.9 Å². The van der Waals surface area contributed by atoms with Crippen LogP contribution < -0.4 is 10.6 Å². The van der Waals surface area contributed by atoms with Crippen LogP contribution in [0.3, 0.4) is 0 Å². The smallest absolute Gasteiger partial charge is 0.260 e. The number of nitrogens with zero attached hydrogens (tertiary/aromatic N) is 2. The van der Waals surface area contributed by atoms with E-state index >= 15 is 0 Å². The third-order valence-electron chi connectivity index (χ3n) is 3.66. The molecule has 22 heavy (non-hydrogen) atoms. The number of nitrogens with one attached hydrogen (secondary N) is 2. The summed E-state index contributed by atoms with van der Waals surface area (Å²) in [6.45, 7) is 3.92. The first-order valence-corrected chi connectivity index (χ1v) is 8.24. The van der Waals surface area contributed by atoms with Crippen molar-refractivity contribution in [1.82, 2.24) is 10.6 Å². The van der Waals surface area contributed by atoms with Crippen molar-refractivity contribution in [3.8, 4) is 0 Å². The van der Waals surface area contributed by atoms with Crippen LogP contribution in [0, 0.1) is 5.92 Å². The van der Waals surface area contributed by atoms with Crippen molar-refractivity contribution in [2.75, 3.05) is 0 Å². The first kappa shape index (κ1) is 15.2. The van der Waals surface area contributed by atoms with Gasteiger partial charge in [-0.1, -0.05) is 18.2 Å². The molecule has 116 valence electrons. The Kier molecular flexibility index (Phi) is 4.26. The zero-order chi connectivity index (χ0) is 15.7. The van der Waals surface area contributed by atoms with Gasteiger partial charge >= 0.3 is 0 Å². The monoisotopic (exact) mass is 318 g/mol. The van der Waals surface area contributed by atoms with E-state index in [4.69, 9.17) is 0 Å². The fourth-order valence-corrected chi connectivity index (χ4v) is 3.70. The Morgan fingerprint density at radius 1 is 1.32 bits per heavy atom. The molecular formula is C15H18N4O2S. The molecule has 0 saturated carbocycles. The van der Waals surface area contributed by atoms with Gasteiger partial charge in [-0.3, -0.25) is 14.9 Å². The Balaban J connectivity index is 1.70. The Morgan fingerprint density at radius 3 is 2.91 bits per heavy atom. The largest absolute Gasteiger partial charge is 0.332 e. The van der Waals surface area contributed by atoms with Crippen molar-refractivity contribution >= 4 is 35.1 Å². The quantitative estimate of drug-likeness (QED) is 0.813. The van der Waals surface area contributed by atoms with E-state index in [0.29, 0.717) is 12.3 Å². The van der Waals surface area contributed by atoms with E-state index in [1.165, 1.54) is 11.8 Å². The predicted octanol–water partition coefficient (Wildman–Crippen LogP) is 1.01. The lowest BCUT2D eigenvalue weighted by molar-refractivity contribution is -0.123. The van der Waals surface area contributed by atoms with Crippen LogP contribution in [-0.4, -0.2) is 40.2 Å². The second-order valence-electron chi connectivity index (χ2n) is 5.56. The van der Waals surface area contributed by atoms with Gasteiger partial charge in [-0.15, -0.1) is 11.8 Å². The van der Waals surface area contributed by atoms with Crippen molar-refractivity contribution in [1.29, 1.82) is 0 Å². The number of fused-ring (bicyclic) bond motifs is 1. The Labute approximate surface area is 133 Å². The minimum absolute atomic E-state index is 0.0318. The van der Waals surface area contributed by atoms with E-state index in [1.807, 2.05) is 38.2 Å². The maximum absolute atomic E-state index is 12.1. The summed E-state index contributed by atoms with van der Waals surface area (Å²) in [6, 6.07) is 0.135. The van der Waals surface area contributed by atoms with Gasteiger partial charge < -0.3 is 5.32 Å². The molecule has 7 heteroatoms. The molecule has 0 radical (unpaired) electrons. The third kappa shape index (κ3) is 3.20. The van der Waals surface area contributed by atoms with Crippen LogP contribution in [0.2, 0.25) is 0 Å². The molecule has 2 N–H and O–H groups in total. The molecule has 1 saturated heterocycles. The van der Waals surface area contributed by atoms with E-state index in [-0.39, 0.29) is 34.5 Å². The van der Waals surface area contributed by atoms with Gasteiger partial charge in [0.15, 0.2) is 0 Å². The van der Waals surface area contributed by atoms with Crippen LogP contribution in [0.15, 0.2) is 34.3 Å². The van der Waals surface area contributed by atoms with Crippen LogP contribution in [0.25, 0.3) is 0 Å². The molecule has 3 aliphatic rings. The number of amides is 2. The molecule has 4 atom stereocenters. The maximum Gasteiger partial charge on any atom is 0.260 e. The number of aliphatic imine (C=N–C) groups is 2. The number of rotatable bonds is 3. The second-order valence-corrected chi connectivity index (χ2v) is 7.01. The normalized spacial score (nSPS) is 32.0. The lowest BCUT2D eigenvalue weighted by atomic mass is 9.96. The molecule has 3 rings (SSSR count). The maximum atomic E-state index is 12.1. The lowest BCUT2D eigenvalue weighted by Gasteiger charge is -2.31. The molecule has 0 aromatic heterocycles. The van der Waals surface area contributed by atoms with Crippen LogP contribution in [0.4, 0.5) is 0 Å². The number of allylic oxidation sites excluding steroid dienone is 3. The molecular weight excluding hydrogens is 300 g/mol. The lowest BCUT2D eigenvalue weighted by Crippen LogP contribution is -2.54. The highest BCUT2D eigenvalue weighted by molar-refractivity contribution is 8.01. The minimum atomic E-state index is -0.349. The molecule has 0 aromatic rings. The number of thioether (sulfide) groups is 1. The fraction of sp³-hybridized carbons (Fsp3) is 0.467. The average molecular weight is 318 g/mol. The van der Waals surface area contributed by atoms with E-state index in [9.17, 15) is 9.59 Å². The SMILES string of the molecule is CC1CC(=O)NC(SC(C)C2=NC(=O)C3C=CC=CC3=N2)N1. The summed E-state index contributed by atoms with van der Waals surface area (Å²) < 4.78 is 0. The van der Waals surface area contributed by atoms with E-state index in [2.05, 4.69) is 20.6 Å². The van der Waals surface area contributed by atoms with Crippen molar-refractivity contribution in [3.63, 3.8) is 0 Å². The second kappa shape index (κ2) is 6.18. The van der Waals surface area contributed by atoms with Crippen molar-refractivity contribution < 1.29 is 9.59 Å². The molecule has 2 amide bonds. The summed E-state index contributed by atoms with van der Waals surface area (Å²) in [5, 5.41) is 6.09. The first-order chi connectivity index (χ1) is 10.5. The Morgan fingerprint density at radius 2 is 2.14 bits per heavy atom. The van der Waals surface area contributed by atoms with Crippen molar-refractivity contribution in [2.24, 2.45) is 15.9 Å². The zero-order valence-electron chi connectivity index (χ0n) is 12.4. The Bertz CT molecular complexity index is 623. The van der Waals surface area contributed by atoms with E-state index in [0.717, 1.165) is 5.71 Å². The summed E-state index contributed by atoms with van der Waals surface area (Å²) >= 11 is 1.50. The molecule has 0 spiro atoms. The summed E-state index contributed by atoms with van der Waals surface area (Å²) in [7, 11) is 0. The summed E-state index contributed by atoms with van der Waals surface area (Å²) in [5.74, 6) is 0.0142. The number of hydrogen-bond donors (Lipinski definition) is 2. The summed E-state index contributed by atoms with van der Waals surface area (Å²) in [5.41, 5.74) is 0.544. The highest BCUT2D eigenvalue weighted by Crippen LogP contribution is 2.23. The van der Waals surface area contributed by atoms with Gasteiger partial charge in [0, 0.05) is 12.5 Å². The summed E-state index contributed by atoms with van der Waals surface area (Å²) in [6.07, 6.45) is 7.84. The molecule has 4 unspecified atom stereocenters. The molecule has 2 heterocycles. The average Bonchev–Trinajstić information content (AvgIpc) is 2.46. The summed E-state index contributed by atoms with van der Waals surface area (Å²) in [4.78, 5) is 32.3. The van der Waals surface area contributed by atoms with Crippen LogP contribution in [0.5, 0.6) is 0 Å².